The first-order chi connectivity index (χ1) is 17.0. The van der Waals surface area contributed by atoms with Gasteiger partial charge in [-0.25, -0.2) is 4.79 Å². The average molecular weight is 522 g/mol. The lowest BCUT2D eigenvalue weighted by Crippen LogP contribution is -2.62. The molecule has 15 nitrogen and oxygen atoms in total. The Hall–Kier alpha value is -2.31. The van der Waals surface area contributed by atoms with Gasteiger partial charge in [0, 0.05) is 0 Å². The summed E-state index contributed by atoms with van der Waals surface area (Å²) in [6.45, 7) is -2.44. The molecule has 2 aliphatic heterocycles. The van der Waals surface area contributed by atoms with Crippen molar-refractivity contribution >= 4 is 5.97 Å². The molecule has 2 aliphatic rings. The smallest absolute Gasteiger partial charge is 0.338 e. The molecule has 0 saturated carbocycles. The van der Waals surface area contributed by atoms with Gasteiger partial charge in [0.15, 0.2) is 17.8 Å². The van der Waals surface area contributed by atoms with Crippen LogP contribution in [0, 0.1) is 0 Å². The van der Waals surface area contributed by atoms with E-state index in [9.17, 15) is 45.6 Å². The lowest BCUT2D eigenvalue weighted by molar-refractivity contribution is -0.383. The highest BCUT2D eigenvalue weighted by Gasteiger charge is 2.58. The maximum atomic E-state index is 12.6. The third kappa shape index (κ3) is 5.21. The summed E-state index contributed by atoms with van der Waals surface area (Å²) in [6.07, 6.45) is -13.7. The number of aromatic hydroxyl groups is 1. The van der Waals surface area contributed by atoms with Crippen molar-refractivity contribution in [1.29, 1.82) is 0 Å². The van der Waals surface area contributed by atoms with Gasteiger partial charge in [-0.15, -0.1) is 0 Å². The topological polar surface area (TPSA) is 234 Å². The summed E-state index contributed by atoms with van der Waals surface area (Å²) < 4.78 is 31.2. The molecule has 3 rings (SSSR count). The van der Waals surface area contributed by atoms with Crippen LogP contribution in [-0.4, -0.2) is 136 Å². The number of aliphatic hydroxyl groups excluding tert-OH is 7. The Kier molecular flexibility index (Phi) is 8.94. The van der Waals surface area contributed by atoms with Crippen LogP contribution in [-0.2, 0) is 18.9 Å². The number of phenolic OH excluding ortho intramolecular Hbond substituents is 1. The van der Waals surface area contributed by atoms with E-state index < -0.39 is 80.6 Å². The monoisotopic (exact) mass is 522 g/mol. The minimum absolute atomic E-state index is 0.0740. The van der Waals surface area contributed by atoms with E-state index in [4.69, 9.17) is 28.4 Å². The fourth-order valence-electron chi connectivity index (χ4n) is 3.87. The minimum Gasteiger partial charge on any atom is -0.502 e. The molecule has 0 aromatic heterocycles. The highest BCUT2D eigenvalue weighted by molar-refractivity contribution is 5.91. The molecule has 1 aromatic carbocycles. The van der Waals surface area contributed by atoms with Crippen molar-refractivity contribution in [2.24, 2.45) is 0 Å². The molecular formula is C21H30O15. The third-order valence-corrected chi connectivity index (χ3v) is 5.98. The van der Waals surface area contributed by atoms with E-state index in [0.717, 1.165) is 0 Å². The quantitative estimate of drug-likeness (QED) is 0.145. The molecule has 0 unspecified atom stereocenters. The molecule has 0 spiro atoms. The number of methoxy groups -OCH3 is 2. The lowest BCUT2D eigenvalue weighted by atomic mass is 9.99. The Morgan fingerprint density at radius 1 is 0.944 bits per heavy atom. The van der Waals surface area contributed by atoms with Gasteiger partial charge in [0.1, 0.15) is 55.9 Å². The van der Waals surface area contributed by atoms with Crippen LogP contribution in [0.1, 0.15) is 10.4 Å². The average Bonchev–Trinajstić information content (AvgIpc) is 3.13. The van der Waals surface area contributed by atoms with Gasteiger partial charge in [0.05, 0.1) is 26.4 Å². The van der Waals surface area contributed by atoms with Crippen LogP contribution >= 0.6 is 0 Å². The molecule has 0 aliphatic carbocycles. The van der Waals surface area contributed by atoms with Crippen molar-refractivity contribution in [2.45, 2.75) is 54.8 Å². The second-order valence-corrected chi connectivity index (χ2v) is 8.20. The summed E-state index contributed by atoms with van der Waals surface area (Å²) in [7, 11) is 2.52. The fourth-order valence-corrected chi connectivity index (χ4v) is 3.87. The van der Waals surface area contributed by atoms with Gasteiger partial charge in [-0.1, -0.05) is 0 Å². The molecule has 2 saturated heterocycles. The molecule has 2 fully saturated rings. The Bertz CT molecular complexity index is 886. The van der Waals surface area contributed by atoms with Crippen molar-refractivity contribution in [1.82, 2.24) is 0 Å². The summed E-state index contributed by atoms with van der Waals surface area (Å²) >= 11 is 0. The van der Waals surface area contributed by atoms with Gasteiger partial charge in [-0.3, -0.25) is 0 Å². The van der Waals surface area contributed by atoms with Gasteiger partial charge >= 0.3 is 5.97 Å². The van der Waals surface area contributed by atoms with Gasteiger partial charge in [0.25, 0.3) is 0 Å². The van der Waals surface area contributed by atoms with Crippen molar-refractivity contribution in [2.75, 3.05) is 34.0 Å². The minimum atomic E-state index is -2.35. The highest BCUT2D eigenvalue weighted by atomic mass is 16.8. The number of esters is 1. The number of rotatable bonds is 9. The summed E-state index contributed by atoms with van der Waals surface area (Å²) in [6, 6.07) is 2.35. The largest absolute Gasteiger partial charge is 0.502 e. The Labute approximate surface area is 204 Å². The number of aliphatic hydroxyl groups is 7. The maximum Gasteiger partial charge on any atom is 0.338 e. The molecule has 36 heavy (non-hydrogen) atoms. The Morgan fingerprint density at radius 3 is 2.06 bits per heavy atom. The van der Waals surface area contributed by atoms with Crippen LogP contribution < -0.4 is 9.47 Å². The third-order valence-electron chi connectivity index (χ3n) is 5.98. The first-order valence-electron chi connectivity index (χ1n) is 10.8. The summed E-state index contributed by atoms with van der Waals surface area (Å²) in [5, 5.41) is 80.2. The predicted octanol–water partition coefficient (Wildman–Crippen LogP) is -3.81. The van der Waals surface area contributed by atoms with Gasteiger partial charge < -0.3 is 69.3 Å². The summed E-state index contributed by atoms with van der Waals surface area (Å²) in [5.74, 6) is -3.79. The van der Waals surface area contributed by atoms with E-state index in [1.807, 2.05) is 0 Å². The number of benzene rings is 1. The first-order valence-corrected chi connectivity index (χ1v) is 10.8. The van der Waals surface area contributed by atoms with Crippen LogP contribution in [0.25, 0.3) is 0 Å². The van der Waals surface area contributed by atoms with Crippen LogP contribution in [0.4, 0.5) is 0 Å². The highest BCUT2D eigenvalue weighted by Crippen LogP contribution is 2.38. The van der Waals surface area contributed by atoms with Gasteiger partial charge in [-0.2, -0.15) is 0 Å². The standard InChI is InChI=1S/C21H30O15/c1-31-9-3-8(4-10(32-2)13(9)24)19(30)33-6-12-14(25)16(27)17(28)20(34-12)36-21(7-23)18(29)15(26)11(5-22)35-21/h3-4,11-12,14-18,20,22-29H,5-7H2,1-2H3/t11-,12-,14-,15-,16+,17-,18+,20-,21+/m1/s1. The van der Waals surface area contributed by atoms with Crippen molar-refractivity contribution in [3.8, 4) is 17.2 Å². The number of ether oxygens (including phenoxy) is 6. The number of carbonyl (C=O) groups excluding carboxylic acids is 1. The second kappa shape index (κ2) is 11.4. The summed E-state index contributed by atoms with van der Waals surface area (Å²) in [5.41, 5.74) is -0.0917. The molecule has 0 bridgehead atoms. The van der Waals surface area contributed by atoms with E-state index in [0.29, 0.717) is 0 Å². The number of hydrogen-bond acceptors (Lipinski definition) is 15. The number of hydrogen-bond donors (Lipinski definition) is 8. The van der Waals surface area contributed by atoms with Crippen LogP contribution in [0.2, 0.25) is 0 Å². The molecule has 9 atom stereocenters. The summed E-state index contributed by atoms with van der Waals surface area (Å²) in [4.78, 5) is 12.6. The second-order valence-electron chi connectivity index (χ2n) is 8.20. The van der Waals surface area contributed by atoms with Gasteiger partial charge in [0.2, 0.25) is 11.5 Å². The molecular weight excluding hydrogens is 492 g/mol. The van der Waals surface area contributed by atoms with Crippen molar-refractivity contribution in [3.05, 3.63) is 17.7 Å². The molecule has 0 radical (unpaired) electrons. The Balaban J connectivity index is 1.73. The van der Waals surface area contributed by atoms with E-state index in [2.05, 4.69) is 0 Å². The van der Waals surface area contributed by atoms with Crippen LogP contribution in [0.15, 0.2) is 12.1 Å². The SMILES string of the molecule is COc1cc(C(=O)OC[C@H]2O[C@H](O[C@]3(CO)O[C@H](CO)[C@@H](O)[C@@H]3O)[C@H](O)[C@@H](O)[C@@H]2O)cc(OC)c1O. The van der Waals surface area contributed by atoms with Crippen LogP contribution in [0.3, 0.4) is 0 Å². The molecule has 15 heteroatoms. The molecule has 0 amide bonds. The van der Waals surface area contributed by atoms with E-state index >= 15 is 0 Å². The van der Waals surface area contributed by atoms with E-state index in [1.54, 1.807) is 0 Å². The fraction of sp³-hybridized carbons (Fsp3) is 0.667. The van der Waals surface area contributed by atoms with E-state index in [-0.39, 0.29) is 22.8 Å². The van der Waals surface area contributed by atoms with Gasteiger partial charge in [-0.05, 0) is 12.1 Å². The zero-order valence-corrected chi connectivity index (χ0v) is 19.3. The van der Waals surface area contributed by atoms with E-state index in [1.165, 1.54) is 26.4 Å². The maximum absolute atomic E-state index is 12.6. The predicted molar refractivity (Wildman–Crippen MR) is 113 cm³/mol. The van der Waals surface area contributed by atoms with Crippen LogP contribution in [0.5, 0.6) is 17.2 Å². The number of phenols is 1. The molecule has 2 heterocycles. The van der Waals surface area contributed by atoms with Crippen molar-refractivity contribution < 1.29 is 74.1 Å². The Morgan fingerprint density at radius 2 is 1.56 bits per heavy atom. The number of carbonyl (C=O) groups is 1. The molecule has 1 aromatic rings. The first kappa shape index (κ1) is 28.3. The molecule has 204 valence electrons. The normalized spacial score (nSPS) is 36.5. The zero-order valence-electron chi connectivity index (χ0n) is 19.3. The lowest BCUT2D eigenvalue weighted by Gasteiger charge is -2.43. The van der Waals surface area contributed by atoms with Crippen molar-refractivity contribution in [3.63, 3.8) is 0 Å². The zero-order chi connectivity index (χ0) is 26.8. The molecule has 8 N–H and O–H groups in total.